The quantitative estimate of drug-likeness (QED) is 0.486. The molecule has 1 saturated carbocycles. The van der Waals surface area contributed by atoms with Crippen molar-refractivity contribution in [3.05, 3.63) is 51.8 Å². The van der Waals surface area contributed by atoms with Crippen molar-refractivity contribution in [1.82, 2.24) is 28.9 Å². The molecule has 0 spiro atoms. The molecule has 3 atom stereocenters. The molecule has 1 aliphatic carbocycles. The van der Waals surface area contributed by atoms with Gasteiger partial charge < -0.3 is 9.30 Å². The fourth-order valence-corrected chi connectivity index (χ4v) is 5.07. The van der Waals surface area contributed by atoms with Gasteiger partial charge in [0.15, 0.2) is 11.3 Å². The van der Waals surface area contributed by atoms with E-state index in [4.69, 9.17) is 16.3 Å². The molecule has 3 aromatic heterocycles. The van der Waals surface area contributed by atoms with Crippen molar-refractivity contribution in [2.75, 3.05) is 6.61 Å². The molecular weight excluding hydrogens is 416 g/mol. The second-order valence-corrected chi connectivity index (χ2v) is 9.10. The van der Waals surface area contributed by atoms with Gasteiger partial charge in [-0.2, -0.15) is 4.68 Å². The predicted molar refractivity (Wildman–Crippen MR) is 117 cm³/mol. The largest absolute Gasteiger partial charge is 0.376 e. The second-order valence-electron chi connectivity index (χ2n) is 8.69. The van der Waals surface area contributed by atoms with Crippen LogP contribution in [0.4, 0.5) is 0 Å². The average molecular weight is 439 g/mol. The van der Waals surface area contributed by atoms with Crippen molar-refractivity contribution < 1.29 is 4.74 Å². The summed E-state index contributed by atoms with van der Waals surface area (Å²) in [6, 6.07) is 5.67. The van der Waals surface area contributed by atoms with Gasteiger partial charge in [-0.15, -0.1) is 5.10 Å². The van der Waals surface area contributed by atoms with Crippen LogP contribution in [-0.4, -0.2) is 41.7 Å². The molecule has 0 radical (unpaired) electrons. The molecule has 9 heteroatoms. The molecule has 8 nitrogen and oxygen atoms in total. The van der Waals surface area contributed by atoms with Crippen molar-refractivity contribution in [2.45, 2.75) is 51.2 Å². The first kappa shape index (κ1) is 19.0. The third kappa shape index (κ3) is 3.00. The van der Waals surface area contributed by atoms with Gasteiger partial charge in [0.1, 0.15) is 6.33 Å². The number of fused-ring (bicyclic) bond motifs is 3. The maximum atomic E-state index is 13.8. The molecule has 0 N–H and O–H groups in total. The zero-order chi connectivity index (χ0) is 21.1. The van der Waals surface area contributed by atoms with E-state index in [1.54, 1.807) is 21.8 Å². The Kier molecular flexibility index (Phi) is 4.40. The maximum absolute atomic E-state index is 13.8. The van der Waals surface area contributed by atoms with Crippen LogP contribution in [0.2, 0.25) is 5.02 Å². The highest BCUT2D eigenvalue weighted by atomic mass is 35.5. The Morgan fingerprint density at radius 2 is 2.13 bits per heavy atom. The molecule has 31 heavy (non-hydrogen) atoms. The van der Waals surface area contributed by atoms with Crippen molar-refractivity contribution in [2.24, 2.45) is 5.92 Å². The fourth-order valence-electron chi connectivity index (χ4n) is 4.79. The molecule has 1 aromatic carbocycles. The summed E-state index contributed by atoms with van der Waals surface area (Å²) in [6.45, 7) is 3.40. The van der Waals surface area contributed by atoms with E-state index in [1.165, 1.54) is 0 Å². The number of aromatic nitrogens is 6. The predicted octanol–water partition coefficient (Wildman–Crippen LogP) is 3.58. The van der Waals surface area contributed by atoms with Crippen LogP contribution < -0.4 is 5.56 Å². The molecular formula is C22H23ClN6O2. The Morgan fingerprint density at radius 3 is 2.90 bits per heavy atom. The standard InChI is InChI=1S/C22H23ClN6O2/c1-13-9-15(13)18-10-25-26-29(18)21-20-22(30)27(11-14-5-2-3-8-31-14)19-16(23)6-4-7-17(19)28(20)12-24-21/h4,6-7,10,12-15H,2-3,5,8-9,11H2,1H3. The molecule has 6 rings (SSSR count). The van der Waals surface area contributed by atoms with Crippen LogP contribution >= 0.6 is 11.6 Å². The highest BCUT2D eigenvalue weighted by Crippen LogP contribution is 2.47. The number of imidazole rings is 1. The first-order chi connectivity index (χ1) is 15.1. The van der Waals surface area contributed by atoms with Gasteiger partial charge >= 0.3 is 0 Å². The highest BCUT2D eigenvalue weighted by molar-refractivity contribution is 6.35. The highest BCUT2D eigenvalue weighted by Gasteiger charge is 2.38. The topological polar surface area (TPSA) is 79.2 Å². The Bertz CT molecular complexity index is 1350. The molecule has 4 aromatic rings. The molecule has 2 aliphatic rings. The van der Waals surface area contributed by atoms with Crippen LogP contribution in [0, 0.1) is 5.92 Å². The van der Waals surface area contributed by atoms with E-state index in [0.717, 1.165) is 43.5 Å². The van der Waals surface area contributed by atoms with E-state index < -0.39 is 0 Å². The lowest BCUT2D eigenvalue weighted by molar-refractivity contribution is 0.00620. The average Bonchev–Trinajstić information content (AvgIpc) is 3.17. The molecule has 2 fully saturated rings. The first-order valence-corrected chi connectivity index (χ1v) is 11.2. The number of ether oxygens (including phenoxy) is 1. The summed E-state index contributed by atoms with van der Waals surface area (Å²) in [4.78, 5) is 18.4. The van der Waals surface area contributed by atoms with Crippen LogP contribution in [-0.2, 0) is 11.3 Å². The van der Waals surface area contributed by atoms with E-state index in [-0.39, 0.29) is 11.7 Å². The summed E-state index contributed by atoms with van der Waals surface area (Å²) in [5.74, 6) is 1.50. The van der Waals surface area contributed by atoms with Crippen LogP contribution in [0.3, 0.4) is 0 Å². The van der Waals surface area contributed by atoms with E-state index in [9.17, 15) is 4.79 Å². The molecule has 160 valence electrons. The molecule has 0 bridgehead atoms. The van der Waals surface area contributed by atoms with Crippen molar-refractivity contribution >= 4 is 28.2 Å². The summed E-state index contributed by atoms with van der Waals surface area (Å²) in [7, 11) is 0. The Balaban J connectivity index is 1.60. The van der Waals surface area contributed by atoms with Gasteiger partial charge in [-0.1, -0.05) is 29.8 Å². The number of hydrogen-bond acceptors (Lipinski definition) is 5. The molecule has 0 amide bonds. The van der Waals surface area contributed by atoms with Gasteiger partial charge in [-0.25, -0.2) is 4.98 Å². The Labute approximate surface area is 183 Å². The van der Waals surface area contributed by atoms with E-state index >= 15 is 0 Å². The normalized spacial score (nSPS) is 23.6. The molecule has 4 heterocycles. The number of rotatable bonds is 4. The van der Waals surface area contributed by atoms with Crippen LogP contribution in [0.5, 0.6) is 0 Å². The number of para-hydroxylation sites is 1. The van der Waals surface area contributed by atoms with Gasteiger partial charge in [-0.05, 0) is 43.7 Å². The minimum Gasteiger partial charge on any atom is -0.376 e. The molecule has 1 saturated heterocycles. The van der Waals surface area contributed by atoms with Gasteiger partial charge in [0.05, 0.1) is 40.6 Å². The van der Waals surface area contributed by atoms with Crippen LogP contribution in [0.15, 0.2) is 35.5 Å². The second kappa shape index (κ2) is 7.17. The van der Waals surface area contributed by atoms with Gasteiger partial charge in [0, 0.05) is 12.5 Å². The van der Waals surface area contributed by atoms with E-state index in [1.807, 2.05) is 22.6 Å². The third-order valence-corrected chi connectivity index (χ3v) is 6.92. The summed E-state index contributed by atoms with van der Waals surface area (Å²) < 4.78 is 11.2. The zero-order valence-electron chi connectivity index (χ0n) is 17.2. The number of halogens is 1. The smallest absolute Gasteiger partial charge is 0.279 e. The van der Waals surface area contributed by atoms with Crippen LogP contribution in [0.1, 0.15) is 44.2 Å². The summed E-state index contributed by atoms with van der Waals surface area (Å²) >= 11 is 6.59. The maximum Gasteiger partial charge on any atom is 0.279 e. The number of hydrogen-bond donors (Lipinski definition) is 0. The van der Waals surface area contributed by atoms with Gasteiger partial charge in [-0.3, -0.25) is 9.20 Å². The molecule has 1 aliphatic heterocycles. The van der Waals surface area contributed by atoms with Crippen molar-refractivity contribution in [1.29, 1.82) is 0 Å². The van der Waals surface area contributed by atoms with Gasteiger partial charge in [0.25, 0.3) is 5.56 Å². The Hall–Kier alpha value is -2.71. The van der Waals surface area contributed by atoms with Crippen molar-refractivity contribution in [3.8, 4) is 5.82 Å². The van der Waals surface area contributed by atoms with Gasteiger partial charge in [0.2, 0.25) is 0 Å². The number of benzene rings is 1. The fraction of sp³-hybridized carbons (Fsp3) is 0.455. The van der Waals surface area contributed by atoms with Crippen LogP contribution in [0.25, 0.3) is 22.4 Å². The molecule has 3 unspecified atom stereocenters. The minimum absolute atomic E-state index is 0.00557. The lowest BCUT2D eigenvalue weighted by atomic mass is 10.1. The monoisotopic (exact) mass is 438 g/mol. The lowest BCUT2D eigenvalue weighted by Crippen LogP contribution is -2.32. The summed E-state index contributed by atoms with van der Waals surface area (Å²) in [5, 5.41) is 8.93. The lowest BCUT2D eigenvalue weighted by Gasteiger charge is -2.24. The summed E-state index contributed by atoms with van der Waals surface area (Å²) in [5.41, 5.74) is 2.87. The Morgan fingerprint density at radius 1 is 1.26 bits per heavy atom. The zero-order valence-corrected chi connectivity index (χ0v) is 18.0. The first-order valence-electron chi connectivity index (χ1n) is 10.8. The SMILES string of the molecule is CC1CC1c1cnnn1-c1ncn2c1c(=O)n(CC1CCCCO1)c1c(Cl)cccc12. The van der Waals surface area contributed by atoms with Crippen molar-refractivity contribution in [3.63, 3.8) is 0 Å². The van der Waals surface area contributed by atoms with E-state index in [0.29, 0.717) is 40.3 Å². The summed E-state index contributed by atoms with van der Waals surface area (Å²) in [6.07, 6.45) is 7.65. The minimum atomic E-state index is -0.146. The third-order valence-electron chi connectivity index (χ3n) is 6.62. The number of nitrogens with zero attached hydrogens (tertiary/aromatic N) is 6. The van der Waals surface area contributed by atoms with E-state index in [2.05, 4.69) is 22.2 Å².